The lowest BCUT2D eigenvalue weighted by Crippen LogP contribution is -2.28. The molecule has 0 aliphatic carbocycles. The molecule has 1 N–H and O–H groups in total. The van der Waals surface area contributed by atoms with Crippen molar-refractivity contribution in [3.63, 3.8) is 0 Å². The molecule has 4 rings (SSSR count). The molecule has 34 heavy (non-hydrogen) atoms. The molecule has 1 amide bonds. The van der Waals surface area contributed by atoms with Crippen LogP contribution in [0.15, 0.2) is 78.0 Å². The first-order valence-corrected chi connectivity index (χ1v) is 11.8. The van der Waals surface area contributed by atoms with Crippen LogP contribution in [0.1, 0.15) is 24.1 Å². The lowest BCUT2D eigenvalue weighted by Gasteiger charge is -2.18. The number of carbonyl (C=O) groups excluding carboxylic acids is 1. The number of hydrogen-bond acceptors (Lipinski definition) is 5. The molecule has 6 nitrogen and oxygen atoms in total. The number of ether oxygens (including phenoxy) is 1. The van der Waals surface area contributed by atoms with Crippen molar-refractivity contribution < 1.29 is 13.9 Å². The molecular formula is C26H25FN4O2S. The Hall–Kier alpha value is -3.65. The minimum absolute atomic E-state index is 0.126. The number of amides is 1. The summed E-state index contributed by atoms with van der Waals surface area (Å²) in [5, 5.41) is 12.0. The first-order valence-electron chi connectivity index (χ1n) is 10.8. The Morgan fingerprint density at radius 3 is 2.56 bits per heavy atom. The van der Waals surface area contributed by atoms with E-state index in [0.29, 0.717) is 16.5 Å². The molecule has 0 saturated heterocycles. The largest absolute Gasteiger partial charge is 0.496 e. The Balaban J connectivity index is 1.55. The van der Waals surface area contributed by atoms with Crippen LogP contribution in [0.5, 0.6) is 5.75 Å². The number of nitrogens with zero attached hydrogens (tertiary/aromatic N) is 3. The lowest BCUT2D eigenvalue weighted by molar-refractivity contribution is -0.119. The molecule has 3 aromatic carbocycles. The van der Waals surface area contributed by atoms with Crippen molar-refractivity contribution in [1.82, 2.24) is 20.1 Å². The van der Waals surface area contributed by atoms with Gasteiger partial charge in [0.15, 0.2) is 11.0 Å². The maximum atomic E-state index is 14.5. The van der Waals surface area contributed by atoms with Gasteiger partial charge in [0.1, 0.15) is 11.6 Å². The quantitative estimate of drug-likeness (QED) is 0.347. The summed E-state index contributed by atoms with van der Waals surface area (Å²) in [7, 11) is 1.61. The lowest BCUT2D eigenvalue weighted by atomic mass is 10.0. The van der Waals surface area contributed by atoms with Gasteiger partial charge in [0.25, 0.3) is 0 Å². The van der Waals surface area contributed by atoms with Crippen molar-refractivity contribution in [2.45, 2.75) is 25.0 Å². The van der Waals surface area contributed by atoms with Crippen molar-refractivity contribution in [1.29, 1.82) is 0 Å². The van der Waals surface area contributed by atoms with Crippen LogP contribution >= 0.6 is 11.8 Å². The van der Waals surface area contributed by atoms with Gasteiger partial charge in [-0.1, -0.05) is 59.8 Å². The standard InChI is InChI=1S/C26H25FN4O2S/c1-17-13-14-23(33-3)21(15-17)18(2)28-24(32)16-34-26-30-29-25(20-11-7-8-12-22(20)27)31(26)19-9-5-4-6-10-19/h4-15,18H,16H2,1-3H3,(H,28,32). The highest BCUT2D eigenvalue weighted by atomic mass is 32.2. The highest BCUT2D eigenvalue weighted by molar-refractivity contribution is 7.99. The number of nitrogens with one attached hydrogen (secondary N) is 1. The van der Waals surface area contributed by atoms with Gasteiger partial charge in [-0.2, -0.15) is 0 Å². The summed E-state index contributed by atoms with van der Waals surface area (Å²) in [6.45, 7) is 3.92. The number of methoxy groups -OCH3 is 1. The van der Waals surface area contributed by atoms with Gasteiger partial charge in [0.05, 0.1) is 24.5 Å². The number of para-hydroxylation sites is 1. The van der Waals surface area contributed by atoms with Crippen LogP contribution in [0.2, 0.25) is 0 Å². The van der Waals surface area contributed by atoms with Crippen LogP contribution in [0.3, 0.4) is 0 Å². The SMILES string of the molecule is COc1ccc(C)cc1C(C)NC(=O)CSc1nnc(-c2ccccc2F)n1-c1ccccc1. The molecule has 0 radical (unpaired) electrons. The third-order valence-electron chi connectivity index (χ3n) is 5.32. The van der Waals surface area contributed by atoms with Gasteiger partial charge >= 0.3 is 0 Å². The van der Waals surface area contributed by atoms with Gasteiger partial charge in [0, 0.05) is 11.3 Å². The van der Waals surface area contributed by atoms with Gasteiger partial charge in [-0.05, 0) is 44.2 Å². The molecule has 1 unspecified atom stereocenters. The van der Waals surface area contributed by atoms with E-state index in [4.69, 9.17) is 4.74 Å². The van der Waals surface area contributed by atoms with E-state index in [9.17, 15) is 9.18 Å². The Morgan fingerprint density at radius 1 is 1.09 bits per heavy atom. The number of aryl methyl sites for hydroxylation is 1. The Bertz CT molecular complexity index is 1290. The molecule has 1 aromatic heterocycles. The first-order chi connectivity index (χ1) is 16.5. The zero-order valence-corrected chi connectivity index (χ0v) is 20.0. The van der Waals surface area contributed by atoms with Crippen LogP contribution in [-0.2, 0) is 4.79 Å². The molecule has 0 aliphatic rings. The predicted molar refractivity (Wildman–Crippen MR) is 132 cm³/mol. The summed E-state index contributed by atoms with van der Waals surface area (Å²) >= 11 is 1.25. The number of benzene rings is 3. The molecule has 0 saturated carbocycles. The molecule has 1 heterocycles. The highest BCUT2D eigenvalue weighted by Gasteiger charge is 2.20. The van der Waals surface area contributed by atoms with Gasteiger partial charge in [-0.15, -0.1) is 10.2 Å². The van der Waals surface area contributed by atoms with Gasteiger partial charge in [-0.25, -0.2) is 4.39 Å². The van der Waals surface area contributed by atoms with Crippen LogP contribution < -0.4 is 10.1 Å². The van der Waals surface area contributed by atoms with Gasteiger partial charge < -0.3 is 10.1 Å². The molecule has 0 aliphatic heterocycles. The minimum Gasteiger partial charge on any atom is -0.496 e. The van der Waals surface area contributed by atoms with Crippen molar-refractivity contribution in [3.8, 4) is 22.8 Å². The predicted octanol–water partition coefficient (Wildman–Crippen LogP) is 5.36. The summed E-state index contributed by atoms with van der Waals surface area (Å²) in [6, 6.07) is 21.5. The second-order valence-corrected chi connectivity index (χ2v) is 8.72. The fourth-order valence-electron chi connectivity index (χ4n) is 3.67. The summed E-state index contributed by atoms with van der Waals surface area (Å²) in [4.78, 5) is 12.8. The zero-order chi connectivity index (χ0) is 24.1. The Kier molecular flexibility index (Phi) is 7.27. The topological polar surface area (TPSA) is 69.0 Å². The Morgan fingerprint density at radius 2 is 1.82 bits per heavy atom. The van der Waals surface area contributed by atoms with Crippen LogP contribution in [0.25, 0.3) is 17.1 Å². The fourth-order valence-corrected chi connectivity index (χ4v) is 4.44. The summed E-state index contributed by atoms with van der Waals surface area (Å²) in [5.74, 6) is 0.689. The van der Waals surface area contributed by atoms with Crippen LogP contribution in [0, 0.1) is 12.7 Å². The van der Waals surface area contributed by atoms with E-state index in [1.807, 2.05) is 62.4 Å². The molecule has 0 spiro atoms. The molecule has 8 heteroatoms. The highest BCUT2D eigenvalue weighted by Crippen LogP contribution is 2.30. The zero-order valence-electron chi connectivity index (χ0n) is 19.2. The normalized spacial score (nSPS) is 11.8. The minimum atomic E-state index is -0.387. The van der Waals surface area contributed by atoms with Gasteiger partial charge in [-0.3, -0.25) is 9.36 Å². The third-order valence-corrected chi connectivity index (χ3v) is 6.25. The average Bonchev–Trinajstić information content (AvgIpc) is 3.27. The van der Waals surface area contributed by atoms with E-state index in [1.165, 1.54) is 17.8 Å². The van der Waals surface area contributed by atoms with E-state index in [0.717, 1.165) is 22.6 Å². The number of thioether (sulfide) groups is 1. The maximum Gasteiger partial charge on any atom is 0.230 e. The molecule has 1 atom stereocenters. The van der Waals surface area contributed by atoms with Crippen molar-refractivity contribution in [3.05, 3.63) is 89.7 Å². The first kappa shape index (κ1) is 23.5. The van der Waals surface area contributed by atoms with E-state index < -0.39 is 0 Å². The van der Waals surface area contributed by atoms with Crippen molar-refractivity contribution >= 4 is 17.7 Å². The maximum absolute atomic E-state index is 14.5. The van der Waals surface area contributed by atoms with E-state index >= 15 is 0 Å². The molecular weight excluding hydrogens is 451 g/mol. The van der Waals surface area contributed by atoms with Crippen LogP contribution in [0.4, 0.5) is 4.39 Å². The third kappa shape index (κ3) is 5.12. The molecule has 4 aromatic rings. The van der Waals surface area contributed by atoms with E-state index in [-0.39, 0.29) is 23.5 Å². The molecule has 0 fully saturated rings. The average molecular weight is 477 g/mol. The molecule has 0 bridgehead atoms. The van der Waals surface area contributed by atoms with Crippen molar-refractivity contribution in [2.75, 3.05) is 12.9 Å². The Labute approximate surface area is 202 Å². The second-order valence-electron chi connectivity index (χ2n) is 7.78. The number of carbonyl (C=O) groups is 1. The number of hydrogen-bond donors (Lipinski definition) is 1. The summed E-state index contributed by atoms with van der Waals surface area (Å²) in [6.07, 6.45) is 0. The monoisotopic (exact) mass is 476 g/mol. The second kappa shape index (κ2) is 10.5. The number of halogens is 1. The van der Waals surface area contributed by atoms with E-state index in [2.05, 4.69) is 15.5 Å². The summed E-state index contributed by atoms with van der Waals surface area (Å²) in [5.41, 5.74) is 3.12. The summed E-state index contributed by atoms with van der Waals surface area (Å²) < 4.78 is 21.7. The van der Waals surface area contributed by atoms with Crippen molar-refractivity contribution in [2.24, 2.45) is 0 Å². The fraction of sp³-hybridized carbons (Fsp3) is 0.192. The van der Waals surface area contributed by atoms with Gasteiger partial charge in [0.2, 0.25) is 5.91 Å². The molecule has 174 valence electrons. The number of aromatic nitrogens is 3. The van der Waals surface area contributed by atoms with Crippen LogP contribution in [-0.4, -0.2) is 33.5 Å². The van der Waals surface area contributed by atoms with E-state index in [1.54, 1.807) is 29.9 Å². The smallest absolute Gasteiger partial charge is 0.230 e. The number of rotatable bonds is 8.